The molecular weight excluding hydrogens is 240 g/mol. The second-order valence-electron chi connectivity index (χ2n) is 5.77. The van der Waals surface area contributed by atoms with Crippen LogP contribution >= 0.6 is 0 Å². The van der Waals surface area contributed by atoms with E-state index in [0.29, 0.717) is 12.1 Å². The van der Waals surface area contributed by atoms with Crippen molar-refractivity contribution in [3.05, 3.63) is 0 Å². The van der Waals surface area contributed by atoms with E-state index in [1.54, 1.807) is 14.2 Å². The van der Waals surface area contributed by atoms with Gasteiger partial charge in [-0.15, -0.1) is 0 Å². The summed E-state index contributed by atoms with van der Waals surface area (Å²) in [5.74, 6) is 0. The molecule has 0 aromatic heterocycles. The second kappa shape index (κ2) is 9.70. The van der Waals surface area contributed by atoms with E-state index in [4.69, 9.17) is 9.47 Å². The molecule has 0 spiro atoms. The Bertz CT molecular complexity index is 220. The summed E-state index contributed by atoms with van der Waals surface area (Å²) in [6.07, 6.45) is 5.47. The normalized spacial score (nSPS) is 20.1. The van der Waals surface area contributed by atoms with Crippen molar-refractivity contribution in [2.24, 2.45) is 0 Å². The summed E-state index contributed by atoms with van der Waals surface area (Å²) in [6, 6.07) is 1.69. The van der Waals surface area contributed by atoms with Crippen molar-refractivity contribution in [1.29, 1.82) is 0 Å². The van der Waals surface area contributed by atoms with Crippen LogP contribution in [-0.2, 0) is 9.47 Å². The zero-order valence-electron chi connectivity index (χ0n) is 13.2. The molecule has 0 aliphatic heterocycles. The Kier molecular flexibility index (Phi) is 8.62. The second-order valence-corrected chi connectivity index (χ2v) is 5.77. The van der Waals surface area contributed by atoms with Gasteiger partial charge in [0.25, 0.3) is 0 Å². The first-order valence-corrected chi connectivity index (χ1v) is 7.66. The third-order valence-corrected chi connectivity index (χ3v) is 4.15. The van der Waals surface area contributed by atoms with Gasteiger partial charge in [0.2, 0.25) is 0 Å². The summed E-state index contributed by atoms with van der Waals surface area (Å²) in [4.78, 5) is 2.48. The van der Waals surface area contributed by atoms with E-state index in [9.17, 15) is 0 Å². The Hall–Kier alpha value is -0.160. The average Bonchev–Trinajstić information content (AvgIpc) is 2.90. The predicted octanol–water partition coefficient (Wildman–Crippen LogP) is 1.89. The molecule has 1 N–H and O–H groups in total. The van der Waals surface area contributed by atoms with Gasteiger partial charge in [-0.05, 0) is 26.7 Å². The molecule has 0 aromatic rings. The lowest BCUT2D eigenvalue weighted by atomic mass is 10.2. The highest BCUT2D eigenvalue weighted by Crippen LogP contribution is 2.17. The molecule has 1 rings (SSSR count). The van der Waals surface area contributed by atoms with Crippen molar-refractivity contribution in [1.82, 2.24) is 10.2 Å². The fourth-order valence-electron chi connectivity index (χ4n) is 2.99. The minimum absolute atomic E-state index is 0.431. The fourth-order valence-corrected chi connectivity index (χ4v) is 2.99. The van der Waals surface area contributed by atoms with Gasteiger partial charge in [0.05, 0.1) is 13.2 Å². The Morgan fingerprint density at radius 1 is 1.11 bits per heavy atom. The number of nitrogens with zero attached hydrogens (tertiary/aromatic N) is 1. The maximum absolute atomic E-state index is 5.29. The zero-order chi connectivity index (χ0) is 14.1. The first kappa shape index (κ1) is 16.9. The van der Waals surface area contributed by atoms with Gasteiger partial charge in [-0.2, -0.15) is 0 Å². The molecule has 1 saturated carbocycles. The lowest BCUT2D eigenvalue weighted by molar-refractivity contribution is 0.0510. The third kappa shape index (κ3) is 6.21. The first-order valence-electron chi connectivity index (χ1n) is 7.66. The Morgan fingerprint density at radius 2 is 1.79 bits per heavy atom. The van der Waals surface area contributed by atoms with Crippen LogP contribution in [0, 0.1) is 0 Å². The number of methoxy groups -OCH3 is 2. The van der Waals surface area contributed by atoms with Gasteiger partial charge < -0.3 is 14.8 Å². The number of rotatable bonds is 10. The predicted molar refractivity (Wildman–Crippen MR) is 79.6 cm³/mol. The van der Waals surface area contributed by atoms with Crippen LogP contribution in [0.1, 0.15) is 39.5 Å². The fraction of sp³-hybridized carbons (Fsp3) is 1.00. The van der Waals surface area contributed by atoms with Gasteiger partial charge in [0.15, 0.2) is 0 Å². The van der Waals surface area contributed by atoms with Crippen molar-refractivity contribution in [2.45, 2.75) is 57.7 Å². The summed E-state index contributed by atoms with van der Waals surface area (Å²) in [7, 11) is 3.53. The molecule has 4 heteroatoms. The molecular formula is C15H32N2O2. The van der Waals surface area contributed by atoms with Crippen LogP contribution in [0.3, 0.4) is 0 Å². The zero-order valence-corrected chi connectivity index (χ0v) is 13.2. The quantitative estimate of drug-likeness (QED) is 0.658. The first-order chi connectivity index (χ1) is 9.19. The Labute approximate surface area is 118 Å². The Morgan fingerprint density at radius 3 is 2.37 bits per heavy atom. The smallest absolute Gasteiger partial charge is 0.0615 e. The van der Waals surface area contributed by atoms with E-state index >= 15 is 0 Å². The van der Waals surface area contributed by atoms with Crippen molar-refractivity contribution < 1.29 is 9.47 Å². The SMILES string of the molecule is COCCN(C(C)CNC1CCCC1)C(C)COC. The van der Waals surface area contributed by atoms with Gasteiger partial charge in [0, 0.05) is 45.4 Å². The van der Waals surface area contributed by atoms with Gasteiger partial charge in [-0.1, -0.05) is 12.8 Å². The van der Waals surface area contributed by atoms with E-state index in [1.165, 1.54) is 25.7 Å². The summed E-state index contributed by atoms with van der Waals surface area (Å²) >= 11 is 0. The minimum Gasteiger partial charge on any atom is -0.383 e. The van der Waals surface area contributed by atoms with E-state index < -0.39 is 0 Å². The summed E-state index contributed by atoms with van der Waals surface area (Å²) in [6.45, 7) is 8.10. The summed E-state index contributed by atoms with van der Waals surface area (Å²) in [5, 5.41) is 3.71. The van der Waals surface area contributed by atoms with Crippen LogP contribution in [0.2, 0.25) is 0 Å². The lowest BCUT2D eigenvalue weighted by Crippen LogP contribution is -2.49. The third-order valence-electron chi connectivity index (χ3n) is 4.15. The molecule has 19 heavy (non-hydrogen) atoms. The molecule has 0 saturated heterocycles. The van der Waals surface area contributed by atoms with Crippen LogP contribution in [-0.4, -0.2) is 63.5 Å². The number of ether oxygens (including phenoxy) is 2. The highest BCUT2D eigenvalue weighted by molar-refractivity contribution is 4.79. The molecule has 2 atom stereocenters. The molecule has 1 fully saturated rings. The maximum atomic E-state index is 5.29. The largest absolute Gasteiger partial charge is 0.383 e. The van der Waals surface area contributed by atoms with Crippen molar-refractivity contribution in [3.63, 3.8) is 0 Å². The van der Waals surface area contributed by atoms with Crippen LogP contribution in [0.5, 0.6) is 0 Å². The molecule has 0 amide bonds. The lowest BCUT2D eigenvalue weighted by Gasteiger charge is -2.34. The molecule has 0 bridgehead atoms. The summed E-state index contributed by atoms with van der Waals surface area (Å²) in [5.41, 5.74) is 0. The standard InChI is InChI=1S/C15H32N2O2/c1-13(11-16-15-7-5-6-8-15)17(9-10-18-3)14(2)12-19-4/h13-16H,5-12H2,1-4H3. The number of hydrogen-bond acceptors (Lipinski definition) is 4. The maximum Gasteiger partial charge on any atom is 0.0615 e. The van der Waals surface area contributed by atoms with Crippen LogP contribution in [0.25, 0.3) is 0 Å². The molecule has 114 valence electrons. The van der Waals surface area contributed by atoms with Crippen LogP contribution < -0.4 is 5.32 Å². The van der Waals surface area contributed by atoms with Gasteiger partial charge >= 0.3 is 0 Å². The molecule has 1 aliphatic carbocycles. The van der Waals surface area contributed by atoms with Crippen molar-refractivity contribution in [2.75, 3.05) is 40.5 Å². The minimum atomic E-state index is 0.431. The molecule has 1 aliphatic rings. The molecule has 0 heterocycles. The molecule has 0 aromatic carbocycles. The highest BCUT2D eigenvalue weighted by Gasteiger charge is 2.21. The van der Waals surface area contributed by atoms with Gasteiger partial charge in [-0.3, -0.25) is 4.90 Å². The highest BCUT2D eigenvalue weighted by atomic mass is 16.5. The van der Waals surface area contributed by atoms with Crippen molar-refractivity contribution >= 4 is 0 Å². The number of hydrogen-bond donors (Lipinski definition) is 1. The van der Waals surface area contributed by atoms with E-state index in [-0.39, 0.29) is 0 Å². The monoisotopic (exact) mass is 272 g/mol. The van der Waals surface area contributed by atoms with Gasteiger partial charge in [0.1, 0.15) is 0 Å². The van der Waals surface area contributed by atoms with Crippen LogP contribution in [0.15, 0.2) is 0 Å². The average molecular weight is 272 g/mol. The molecule has 0 radical (unpaired) electrons. The summed E-state index contributed by atoms with van der Waals surface area (Å²) < 4.78 is 10.5. The van der Waals surface area contributed by atoms with E-state index in [2.05, 4.69) is 24.1 Å². The molecule has 4 nitrogen and oxygen atoms in total. The number of nitrogens with one attached hydrogen (secondary N) is 1. The Balaban J connectivity index is 2.37. The van der Waals surface area contributed by atoms with Crippen molar-refractivity contribution in [3.8, 4) is 0 Å². The van der Waals surface area contributed by atoms with Crippen LogP contribution in [0.4, 0.5) is 0 Å². The van der Waals surface area contributed by atoms with E-state index in [1.807, 2.05) is 0 Å². The molecule has 2 unspecified atom stereocenters. The van der Waals surface area contributed by atoms with Gasteiger partial charge in [-0.25, -0.2) is 0 Å². The van der Waals surface area contributed by atoms with E-state index in [0.717, 1.165) is 32.3 Å². The topological polar surface area (TPSA) is 33.7 Å².